The number of hydrogen-bond acceptors (Lipinski definition) is 6. The lowest BCUT2D eigenvalue weighted by atomic mass is 10.0. The zero-order valence-electron chi connectivity index (χ0n) is 15.3. The molecule has 146 valence electrons. The number of ether oxygens (including phenoxy) is 3. The first-order valence-electron chi connectivity index (χ1n) is 8.72. The molecular formula is C20H25NO6. The molecule has 0 heterocycles. The van der Waals surface area contributed by atoms with Gasteiger partial charge in [-0.25, -0.2) is 4.79 Å². The van der Waals surface area contributed by atoms with Crippen LogP contribution in [0.15, 0.2) is 48.5 Å². The molecule has 2 rings (SSSR count). The van der Waals surface area contributed by atoms with Gasteiger partial charge in [0.25, 0.3) is 0 Å². The van der Waals surface area contributed by atoms with Gasteiger partial charge in [0.05, 0.1) is 13.7 Å². The van der Waals surface area contributed by atoms with Crippen molar-refractivity contribution in [3.63, 3.8) is 0 Å². The highest BCUT2D eigenvalue weighted by atomic mass is 16.6. The summed E-state index contributed by atoms with van der Waals surface area (Å²) < 4.78 is 16.0. The van der Waals surface area contributed by atoms with E-state index in [0.717, 1.165) is 5.56 Å². The second kappa shape index (κ2) is 11.1. The molecule has 1 atom stereocenters. The van der Waals surface area contributed by atoms with E-state index in [1.807, 2.05) is 0 Å². The molecule has 2 aromatic carbocycles. The van der Waals surface area contributed by atoms with Crippen LogP contribution < -0.4 is 14.8 Å². The lowest BCUT2D eigenvalue weighted by Gasteiger charge is -2.19. The molecule has 0 aliphatic heterocycles. The quantitative estimate of drug-likeness (QED) is 0.590. The van der Waals surface area contributed by atoms with Crippen LogP contribution in [0.2, 0.25) is 0 Å². The number of aliphatic hydroxyl groups is 2. The van der Waals surface area contributed by atoms with Gasteiger partial charge in [-0.1, -0.05) is 12.1 Å². The maximum atomic E-state index is 12.2. The van der Waals surface area contributed by atoms with Gasteiger partial charge in [-0.15, -0.1) is 0 Å². The lowest BCUT2D eigenvalue weighted by molar-refractivity contribution is 0.0994. The maximum Gasteiger partial charge on any atom is 0.412 e. The highest BCUT2D eigenvalue weighted by Crippen LogP contribution is 2.26. The van der Waals surface area contributed by atoms with Crippen molar-refractivity contribution in [1.82, 2.24) is 0 Å². The minimum absolute atomic E-state index is 0.0116. The molecule has 0 spiro atoms. The topological polar surface area (TPSA) is 97.3 Å². The Hall–Kier alpha value is -2.77. The zero-order valence-corrected chi connectivity index (χ0v) is 15.3. The highest BCUT2D eigenvalue weighted by molar-refractivity contribution is 5.84. The molecule has 2 aromatic rings. The molecule has 0 saturated carbocycles. The summed E-state index contributed by atoms with van der Waals surface area (Å²) in [7, 11) is 1.57. The van der Waals surface area contributed by atoms with Crippen molar-refractivity contribution >= 4 is 11.8 Å². The number of benzene rings is 2. The Morgan fingerprint density at radius 3 is 2.26 bits per heavy atom. The Morgan fingerprint density at radius 1 is 1.00 bits per heavy atom. The largest absolute Gasteiger partial charge is 0.497 e. The number of hydrogen-bond donors (Lipinski definition) is 3. The number of methoxy groups -OCH3 is 1. The Kier molecular flexibility index (Phi) is 8.41. The van der Waals surface area contributed by atoms with E-state index >= 15 is 0 Å². The SMILES string of the molecule is COc1ccc(NC(=O)O[C@@H](CCCO)c2ccc(OCCO)cc2)cc1. The van der Waals surface area contributed by atoms with Crippen LogP contribution >= 0.6 is 0 Å². The smallest absolute Gasteiger partial charge is 0.412 e. The Labute approximate surface area is 158 Å². The molecule has 0 radical (unpaired) electrons. The van der Waals surface area contributed by atoms with Crippen LogP contribution in [0.5, 0.6) is 11.5 Å². The van der Waals surface area contributed by atoms with Gasteiger partial charge in [0.15, 0.2) is 0 Å². The average molecular weight is 375 g/mol. The van der Waals surface area contributed by atoms with Crippen LogP contribution in [-0.4, -0.2) is 43.2 Å². The first kappa shape index (κ1) is 20.5. The van der Waals surface area contributed by atoms with Crippen LogP contribution in [-0.2, 0) is 4.74 Å². The molecule has 0 unspecified atom stereocenters. The molecule has 7 heteroatoms. The van der Waals surface area contributed by atoms with Crippen LogP contribution in [0.3, 0.4) is 0 Å². The Balaban J connectivity index is 2.00. The van der Waals surface area contributed by atoms with E-state index in [1.54, 1.807) is 55.6 Å². The van der Waals surface area contributed by atoms with Gasteiger partial charge in [-0.3, -0.25) is 5.32 Å². The van der Waals surface area contributed by atoms with Crippen molar-refractivity contribution in [3.05, 3.63) is 54.1 Å². The molecule has 3 N–H and O–H groups in total. The summed E-state index contributed by atoms with van der Waals surface area (Å²) in [6.07, 6.45) is -0.0851. The summed E-state index contributed by atoms with van der Waals surface area (Å²) in [4.78, 5) is 12.2. The fourth-order valence-corrected chi connectivity index (χ4v) is 2.46. The number of nitrogens with one attached hydrogen (secondary N) is 1. The fraction of sp³-hybridized carbons (Fsp3) is 0.350. The number of carbonyl (C=O) groups excluding carboxylic acids is 1. The van der Waals surface area contributed by atoms with Crippen molar-refractivity contribution in [2.24, 2.45) is 0 Å². The normalized spacial score (nSPS) is 11.5. The van der Waals surface area contributed by atoms with Gasteiger partial charge in [0, 0.05) is 12.3 Å². The first-order chi connectivity index (χ1) is 13.2. The molecule has 1 amide bonds. The standard InChI is InChI=1S/C20H25NO6/c1-25-17-10-6-16(7-11-17)21-20(24)27-19(3-2-12-22)15-4-8-18(9-5-15)26-14-13-23/h4-11,19,22-23H,2-3,12-14H2,1H3,(H,21,24)/t19-/m0/s1. The van der Waals surface area contributed by atoms with Crippen molar-refractivity contribution in [2.75, 3.05) is 32.2 Å². The number of anilines is 1. The van der Waals surface area contributed by atoms with E-state index in [-0.39, 0.29) is 19.8 Å². The number of carbonyl (C=O) groups is 1. The first-order valence-corrected chi connectivity index (χ1v) is 8.72. The summed E-state index contributed by atoms with van der Waals surface area (Å²) in [5.41, 5.74) is 1.39. The minimum Gasteiger partial charge on any atom is -0.497 e. The van der Waals surface area contributed by atoms with Gasteiger partial charge < -0.3 is 24.4 Å². The molecule has 0 aliphatic carbocycles. The minimum atomic E-state index is -0.580. The maximum absolute atomic E-state index is 12.2. The zero-order chi connectivity index (χ0) is 19.5. The predicted octanol–water partition coefficient (Wildman–Crippen LogP) is 3.13. The van der Waals surface area contributed by atoms with E-state index < -0.39 is 12.2 Å². The molecule has 7 nitrogen and oxygen atoms in total. The van der Waals surface area contributed by atoms with Gasteiger partial charge in [-0.2, -0.15) is 0 Å². The molecule has 0 saturated heterocycles. The van der Waals surface area contributed by atoms with E-state index in [1.165, 1.54) is 0 Å². The van der Waals surface area contributed by atoms with Crippen LogP contribution in [0.1, 0.15) is 24.5 Å². The van der Waals surface area contributed by atoms with Crippen molar-refractivity contribution in [3.8, 4) is 11.5 Å². The summed E-state index contributed by atoms with van der Waals surface area (Å²) in [6.45, 7) is 0.168. The Morgan fingerprint density at radius 2 is 1.67 bits per heavy atom. The summed E-state index contributed by atoms with van der Waals surface area (Å²) >= 11 is 0. The predicted molar refractivity (Wildman–Crippen MR) is 101 cm³/mol. The second-order valence-electron chi connectivity index (χ2n) is 5.75. The third-order valence-electron chi connectivity index (χ3n) is 3.82. The average Bonchev–Trinajstić information content (AvgIpc) is 2.70. The van der Waals surface area contributed by atoms with Gasteiger partial charge in [0.2, 0.25) is 0 Å². The summed E-state index contributed by atoms with van der Waals surface area (Å²) in [6, 6.07) is 14.0. The van der Waals surface area contributed by atoms with Crippen LogP contribution in [0.4, 0.5) is 10.5 Å². The second-order valence-corrected chi connectivity index (χ2v) is 5.75. The molecule has 27 heavy (non-hydrogen) atoms. The van der Waals surface area contributed by atoms with E-state index in [2.05, 4.69) is 5.32 Å². The van der Waals surface area contributed by atoms with Crippen molar-refractivity contribution in [2.45, 2.75) is 18.9 Å². The van der Waals surface area contributed by atoms with Gasteiger partial charge in [0.1, 0.15) is 24.2 Å². The molecular weight excluding hydrogens is 350 g/mol. The number of aliphatic hydroxyl groups excluding tert-OH is 2. The summed E-state index contributed by atoms with van der Waals surface area (Å²) in [5.74, 6) is 1.31. The van der Waals surface area contributed by atoms with E-state index in [0.29, 0.717) is 30.0 Å². The monoisotopic (exact) mass is 375 g/mol. The number of amides is 1. The van der Waals surface area contributed by atoms with Crippen LogP contribution in [0.25, 0.3) is 0 Å². The van der Waals surface area contributed by atoms with Gasteiger partial charge >= 0.3 is 6.09 Å². The van der Waals surface area contributed by atoms with Gasteiger partial charge in [-0.05, 0) is 54.8 Å². The molecule has 0 aromatic heterocycles. The van der Waals surface area contributed by atoms with E-state index in [9.17, 15) is 4.79 Å². The molecule has 0 bridgehead atoms. The van der Waals surface area contributed by atoms with Crippen molar-refractivity contribution < 1.29 is 29.2 Å². The highest BCUT2D eigenvalue weighted by Gasteiger charge is 2.17. The third-order valence-corrected chi connectivity index (χ3v) is 3.82. The van der Waals surface area contributed by atoms with Crippen LogP contribution in [0, 0.1) is 0 Å². The molecule has 0 aliphatic rings. The Bertz CT molecular complexity index is 687. The number of rotatable bonds is 10. The third kappa shape index (κ3) is 6.80. The molecule has 0 fully saturated rings. The lowest BCUT2D eigenvalue weighted by Crippen LogP contribution is -2.18. The van der Waals surface area contributed by atoms with E-state index in [4.69, 9.17) is 24.4 Å². The fourth-order valence-electron chi connectivity index (χ4n) is 2.46. The van der Waals surface area contributed by atoms with Crippen molar-refractivity contribution in [1.29, 1.82) is 0 Å². The summed E-state index contributed by atoms with van der Waals surface area (Å²) in [5, 5.41) is 20.6.